The van der Waals surface area contributed by atoms with Gasteiger partial charge in [-0.3, -0.25) is 4.79 Å². The number of carbonyl (C=O) groups excluding carboxylic acids is 2. The van der Waals surface area contributed by atoms with Gasteiger partial charge in [0, 0.05) is 6.42 Å². The highest BCUT2D eigenvalue weighted by Crippen LogP contribution is 2.27. The number of aryl methyl sites for hydroxylation is 1. The van der Waals surface area contributed by atoms with Crippen molar-refractivity contribution in [2.45, 2.75) is 78.9 Å². The fourth-order valence-corrected chi connectivity index (χ4v) is 2.84. The Labute approximate surface area is 168 Å². The minimum Gasteiger partial charge on any atom is -0.504 e. The fourth-order valence-electron chi connectivity index (χ4n) is 2.84. The summed E-state index contributed by atoms with van der Waals surface area (Å²) in [6.07, 6.45) is 1.58. The van der Waals surface area contributed by atoms with E-state index in [2.05, 4.69) is 5.32 Å². The molecule has 6 nitrogen and oxygen atoms in total. The molecule has 0 unspecified atom stereocenters. The molecule has 0 bridgehead atoms. The molecule has 1 aromatic rings. The van der Waals surface area contributed by atoms with E-state index >= 15 is 0 Å². The van der Waals surface area contributed by atoms with Crippen LogP contribution in [0.4, 0.5) is 4.79 Å². The molecule has 0 aliphatic carbocycles. The monoisotopic (exact) mass is 393 g/mol. The second kappa shape index (κ2) is 9.80. The third-order valence-corrected chi connectivity index (χ3v) is 4.03. The van der Waals surface area contributed by atoms with Crippen molar-refractivity contribution < 1.29 is 24.2 Å². The third-order valence-electron chi connectivity index (χ3n) is 4.03. The second-order valence-corrected chi connectivity index (χ2v) is 9.29. The van der Waals surface area contributed by atoms with E-state index < -0.39 is 17.7 Å². The molecule has 6 heteroatoms. The van der Waals surface area contributed by atoms with E-state index in [1.807, 2.05) is 26.8 Å². The second-order valence-electron chi connectivity index (χ2n) is 9.29. The molecule has 0 aromatic heterocycles. The van der Waals surface area contributed by atoms with Gasteiger partial charge in [-0.25, -0.2) is 4.79 Å². The van der Waals surface area contributed by atoms with Crippen LogP contribution < -0.4 is 10.1 Å². The largest absolute Gasteiger partial charge is 0.504 e. The Balaban J connectivity index is 2.67. The van der Waals surface area contributed by atoms with Crippen LogP contribution in [-0.2, 0) is 16.0 Å². The fraction of sp³-hybridized carbons (Fsp3) is 0.636. The summed E-state index contributed by atoms with van der Waals surface area (Å²) < 4.78 is 10.3. The first kappa shape index (κ1) is 23.8. The molecule has 1 rings (SSSR count). The van der Waals surface area contributed by atoms with E-state index in [4.69, 9.17) is 9.47 Å². The maximum absolute atomic E-state index is 12.7. The molecule has 28 heavy (non-hydrogen) atoms. The number of hydrogen-bond donors (Lipinski definition) is 2. The Hall–Kier alpha value is -2.24. The highest BCUT2D eigenvalue weighted by Gasteiger charge is 2.28. The molecule has 0 saturated carbocycles. The lowest BCUT2D eigenvalue weighted by Crippen LogP contribution is -2.45. The van der Waals surface area contributed by atoms with Crippen LogP contribution in [0.15, 0.2) is 18.2 Å². The van der Waals surface area contributed by atoms with Crippen molar-refractivity contribution in [2.24, 2.45) is 5.41 Å². The highest BCUT2D eigenvalue weighted by molar-refractivity contribution is 5.87. The topological polar surface area (TPSA) is 84.9 Å². The molecule has 1 amide bonds. The minimum atomic E-state index is -0.615. The average molecular weight is 394 g/mol. The Bertz CT molecular complexity index is 670. The molecule has 0 aliphatic rings. The van der Waals surface area contributed by atoms with Crippen molar-refractivity contribution >= 4 is 11.9 Å². The van der Waals surface area contributed by atoms with E-state index in [1.54, 1.807) is 32.9 Å². The average Bonchev–Trinajstić information content (AvgIpc) is 2.51. The third kappa shape index (κ3) is 9.11. The highest BCUT2D eigenvalue weighted by atomic mass is 16.6. The molecule has 0 heterocycles. The molecular formula is C22H35NO5. The van der Waals surface area contributed by atoms with Crippen molar-refractivity contribution in [3.05, 3.63) is 23.8 Å². The molecule has 0 fully saturated rings. The van der Waals surface area contributed by atoms with Gasteiger partial charge < -0.3 is 19.9 Å². The van der Waals surface area contributed by atoms with E-state index in [0.717, 1.165) is 5.56 Å². The van der Waals surface area contributed by atoms with Gasteiger partial charge in [0.25, 0.3) is 0 Å². The lowest BCUT2D eigenvalue weighted by atomic mass is 9.85. The predicted molar refractivity (Wildman–Crippen MR) is 110 cm³/mol. The van der Waals surface area contributed by atoms with Crippen LogP contribution >= 0.6 is 0 Å². The summed E-state index contributed by atoms with van der Waals surface area (Å²) in [4.78, 5) is 24.9. The van der Waals surface area contributed by atoms with Crippen LogP contribution in [0.5, 0.6) is 11.5 Å². The van der Waals surface area contributed by atoms with Crippen molar-refractivity contribution in [1.29, 1.82) is 0 Å². The molecule has 0 spiro atoms. The zero-order valence-electron chi connectivity index (χ0n) is 18.2. The number of hydrogen-bond acceptors (Lipinski definition) is 5. The summed E-state index contributed by atoms with van der Waals surface area (Å²) in [7, 11) is 1.50. The van der Waals surface area contributed by atoms with Crippen LogP contribution in [0, 0.1) is 5.41 Å². The summed E-state index contributed by atoms with van der Waals surface area (Å²) in [6, 6.07) is 4.64. The van der Waals surface area contributed by atoms with Gasteiger partial charge in [0.05, 0.1) is 13.2 Å². The zero-order chi connectivity index (χ0) is 21.5. The van der Waals surface area contributed by atoms with Crippen LogP contribution in [0.25, 0.3) is 0 Å². The van der Waals surface area contributed by atoms with Gasteiger partial charge in [0.2, 0.25) is 0 Å². The first-order chi connectivity index (χ1) is 12.8. The number of benzene rings is 1. The molecule has 0 saturated heterocycles. The molecule has 1 atom stereocenters. The van der Waals surface area contributed by atoms with Gasteiger partial charge in [-0.15, -0.1) is 0 Å². The normalized spacial score (nSPS) is 13.0. The summed E-state index contributed by atoms with van der Waals surface area (Å²) in [6.45, 7) is 11.5. The number of Topliss-reactive ketones (excluding diaryl/α,β-unsaturated/α-hetero) is 1. The van der Waals surface area contributed by atoms with E-state index in [-0.39, 0.29) is 16.9 Å². The van der Waals surface area contributed by atoms with Crippen molar-refractivity contribution in [2.75, 3.05) is 7.11 Å². The number of alkyl carbamates (subject to hydrolysis) is 1. The molecular weight excluding hydrogens is 358 g/mol. The van der Waals surface area contributed by atoms with Gasteiger partial charge in [-0.05, 0) is 63.1 Å². The first-order valence-corrected chi connectivity index (χ1v) is 9.69. The Morgan fingerprint density at radius 1 is 1.14 bits per heavy atom. The number of rotatable bonds is 8. The van der Waals surface area contributed by atoms with Crippen molar-refractivity contribution in [3.8, 4) is 11.5 Å². The van der Waals surface area contributed by atoms with E-state index in [1.165, 1.54) is 7.11 Å². The number of ketones is 1. The van der Waals surface area contributed by atoms with Gasteiger partial charge in [-0.1, -0.05) is 26.8 Å². The number of phenols is 1. The van der Waals surface area contributed by atoms with Crippen LogP contribution in [0.1, 0.15) is 66.4 Å². The van der Waals surface area contributed by atoms with Crippen LogP contribution in [0.2, 0.25) is 0 Å². The molecule has 0 radical (unpaired) electrons. The number of aromatic hydroxyl groups is 1. The standard InChI is InChI=1S/C22H35NO5/c1-21(2,3)14-16(23-20(26)28-22(4,5)6)17(24)10-8-9-15-11-12-19(27-7)18(25)13-15/h11-13,16,25H,8-10,14H2,1-7H3,(H,23,26)/t16-/m1/s1. The summed E-state index contributed by atoms with van der Waals surface area (Å²) in [5.74, 6) is 0.494. The lowest BCUT2D eigenvalue weighted by molar-refractivity contribution is -0.121. The SMILES string of the molecule is COc1ccc(CCCC(=O)[C@@H](CC(C)(C)C)NC(=O)OC(C)(C)C)cc1O. The molecule has 0 aliphatic heterocycles. The van der Waals surface area contributed by atoms with Crippen molar-refractivity contribution in [1.82, 2.24) is 5.32 Å². The quantitative estimate of drug-likeness (QED) is 0.673. The first-order valence-electron chi connectivity index (χ1n) is 9.69. The Morgan fingerprint density at radius 2 is 1.79 bits per heavy atom. The van der Waals surface area contributed by atoms with E-state index in [0.29, 0.717) is 31.4 Å². The predicted octanol–water partition coefficient (Wildman–Crippen LogP) is 4.62. The number of ether oxygens (including phenoxy) is 2. The van der Waals surface area contributed by atoms with Crippen molar-refractivity contribution in [3.63, 3.8) is 0 Å². The molecule has 158 valence electrons. The van der Waals surface area contributed by atoms with Gasteiger partial charge in [0.1, 0.15) is 5.60 Å². The van der Waals surface area contributed by atoms with Gasteiger partial charge >= 0.3 is 6.09 Å². The van der Waals surface area contributed by atoms with Gasteiger partial charge in [-0.2, -0.15) is 0 Å². The van der Waals surface area contributed by atoms with Gasteiger partial charge in [0.15, 0.2) is 17.3 Å². The summed E-state index contributed by atoms with van der Waals surface area (Å²) in [5.41, 5.74) is 0.200. The molecule has 1 aromatic carbocycles. The Morgan fingerprint density at radius 3 is 2.29 bits per heavy atom. The Kier molecular flexibility index (Phi) is 8.33. The number of nitrogens with one attached hydrogen (secondary N) is 1. The maximum atomic E-state index is 12.7. The number of methoxy groups -OCH3 is 1. The molecule has 2 N–H and O–H groups in total. The zero-order valence-corrected chi connectivity index (χ0v) is 18.2. The van der Waals surface area contributed by atoms with Crippen LogP contribution in [-0.4, -0.2) is 35.7 Å². The number of amides is 1. The lowest BCUT2D eigenvalue weighted by Gasteiger charge is -2.27. The smallest absolute Gasteiger partial charge is 0.408 e. The maximum Gasteiger partial charge on any atom is 0.408 e. The number of phenolic OH excluding ortho intramolecular Hbond substituents is 1. The van der Waals surface area contributed by atoms with Crippen LogP contribution in [0.3, 0.4) is 0 Å². The summed E-state index contributed by atoms with van der Waals surface area (Å²) in [5, 5.41) is 12.6. The number of carbonyl (C=O) groups is 2. The summed E-state index contributed by atoms with van der Waals surface area (Å²) >= 11 is 0. The minimum absolute atomic E-state index is 0.0153. The van der Waals surface area contributed by atoms with E-state index in [9.17, 15) is 14.7 Å².